The van der Waals surface area contributed by atoms with Crippen molar-refractivity contribution >= 4 is 0 Å². The third kappa shape index (κ3) is 3.80. The highest BCUT2D eigenvalue weighted by atomic mass is 16.3. The molecule has 0 aliphatic heterocycles. The second-order valence-corrected chi connectivity index (χ2v) is 6.40. The van der Waals surface area contributed by atoms with Crippen LogP contribution >= 0.6 is 0 Å². The van der Waals surface area contributed by atoms with Crippen LogP contribution < -0.4 is 5.32 Å². The van der Waals surface area contributed by atoms with Gasteiger partial charge in [0, 0.05) is 13.1 Å². The average molecular weight is 261 g/mol. The van der Waals surface area contributed by atoms with E-state index in [1.807, 2.05) is 0 Å². The maximum absolute atomic E-state index is 10.6. The maximum Gasteiger partial charge on any atom is 0.0774 e. The minimum Gasteiger partial charge on any atom is -0.389 e. The predicted octanol–water partition coefficient (Wildman–Crippen LogP) is 3.33. The largest absolute Gasteiger partial charge is 0.389 e. The molecule has 1 saturated carbocycles. The Labute approximate surface area is 117 Å². The van der Waals surface area contributed by atoms with Gasteiger partial charge in [-0.1, -0.05) is 38.0 Å². The van der Waals surface area contributed by atoms with Crippen LogP contribution in [0.25, 0.3) is 0 Å². The van der Waals surface area contributed by atoms with Crippen molar-refractivity contribution in [3.63, 3.8) is 0 Å². The van der Waals surface area contributed by atoms with Gasteiger partial charge >= 0.3 is 0 Å². The molecule has 0 spiro atoms. The summed E-state index contributed by atoms with van der Waals surface area (Å²) in [5.41, 5.74) is 3.54. The van der Waals surface area contributed by atoms with Gasteiger partial charge in [0.05, 0.1) is 5.60 Å². The third-order valence-electron chi connectivity index (χ3n) is 4.47. The summed E-state index contributed by atoms with van der Waals surface area (Å²) in [6.07, 6.45) is 4.30. The summed E-state index contributed by atoms with van der Waals surface area (Å²) in [5, 5.41) is 14.1. The molecule has 2 N–H and O–H groups in total. The van der Waals surface area contributed by atoms with Crippen LogP contribution in [0.3, 0.4) is 0 Å². The zero-order chi connectivity index (χ0) is 13.9. The Kier molecular flexibility index (Phi) is 4.64. The van der Waals surface area contributed by atoms with Crippen molar-refractivity contribution in [2.45, 2.75) is 58.6 Å². The first kappa shape index (κ1) is 14.5. The van der Waals surface area contributed by atoms with Crippen LogP contribution in [-0.4, -0.2) is 17.3 Å². The van der Waals surface area contributed by atoms with Crippen LogP contribution in [0.4, 0.5) is 0 Å². The lowest BCUT2D eigenvalue weighted by Crippen LogP contribution is -2.43. The Morgan fingerprint density at radius 3 is 2.63 bits per heavy atom. The molecule has 2 heteroatoms. The minimum absolute atomic E-state index is 0.492. The van der Waals surface area contributed by atoms with E-state index in [4.69, 9.17) is 0 Å². The van der Waals surface area contributed by atoms with Crippen LogP contribution in [0.2, 0.25) is 0 Å². The van der Waals surface area contributed by atoms with Crippen LogP contribution in [0, 0.1) is 19.8 Å². The van der Waals surface area contributed by atoms with Gasteiger partial charge in [-0.25, -0.2) is 0 Å². The first-order valence-electron chi connectivity index (χ1n) is 7.48. The van der Waals surface area contributed by atoms with Gasteiger partial charge in [-0.3, -0.25) is 0 Å². The molecule has 19 heavy (non-hydrogen) atoms. The summed E-state index contributed by atoms with van der Waals surface area (Å²) < 4.78 is 0. The summed E-state index contributed by atoms with van der Waals surface area (Å²) in [5.74, 6) is 0.653. The zero-order valence-corrected chi connectivity index (χ0v) is 12.5. The number of aryl methyl sites for hydroxylation is 2. The van der Waals surface area contributed by atoms with E-state index in [9.17, 15) is 5.11 Å². The van der Waals surface area contributed by atoms with E-state index in [2.05, 4.69) is 44.3 Å². The molecule has 0 bridgehead atoms. The number of aliphatic hydroxyl groups is 1. The van der Waals surface area contributed by atoms with Gasteiger partial charge in [0.15, 0.2) is 0 Å². The molecular weight excluding hydrogens is 234 g/mol. The molecule has 0 amide bonds. The van der Waals surface area contributed by atoms with Crippen molar-refractivity contribution in [3.8, 4) is 0 Å². The highest BCUT2D eigenvalue weighted by Crippen LogP contribution is 2.31. The maximum atomic E-state index is 10.6. The van der Waals surface area contributed by atoms with E-state index in [-0.39, 0.29) is 0 Å². The fraction of sp³-hybridized carbons (Fsp3) is 0.647. The monoisotopic (exact) mass is 261 g/mol. The van der Waals surface area contributed by atoms with Crippen molar-refractivity contribution < 1.29 is 5.11 Å². The van der Waals surface area contributed by atoms with E-state index in [1.54, 1.807) is 0 Å². The van der Waals surface area contributed by atoms with Gasteiger partial charge < -0.3 is 10.4 Å². The topological polar surface area (TPSA) is 32.3 Å². The normalized spacial score (nSPS) is 27.5. The Morgan fingerprint density at radius 2 is 2.00 bits per heavy atom. The molecule has 2 atom stereocenters. The molecule has 1 aromatic carbocycles. The Bertz CT molecular complexity index is 409. The molecule has 2 nitrogen and oxygen atoms in total. The molecule has 1 aliphatic rings. The van der Waals surface area contributed by atoms with Gasteiger partial charge in [-0.2, -0.15) is 0 Å². The number of rotatable bonds is 4. The first-order chi connectivity index (χ1) is 9.00. The van der Waals surface area contributed by atoms with E-state index in [0.717, 1.165) is 25.8 Å². The van der Waals surface area contributed by atoms with Crippen LogP contribution in [0.15, 0.2) is 18.2 Å². The van der Waals surface area contributed by atoms with Crippen LogP contribution in [-0.2, 0) is 6.54 Å². The summed E-state index contributed by atoms with van der Waals surface area (Å²) in [7, 11) is 0. The lowest BCUT2D eigenvalue weighted by molar-refractivity contribution is -0.0119. The van der Waals surface area contributed by atoms with Crippen molar-refractivity contribution in [2.24, 2.45) is 5.92 Å². The molecule has 0 radical (unpaired) electrons. The predicted molar refractivity (Wildman–Crippen MR) is 80.2 cm³/mol. The van der Waals surface area contributed by atoms with E-state index in [1.165, 1.54) is 23.1 Å². The SMILES string of the molecule is Cc1cccc(C)c1CNCC1(O)CCCC(C)C1. The van der Waals surface area contributed by atoms with E-state index < -0.39 is 5.60 Å². The molecular formula is C17H27NO. The van der Waals surface area contributed by atoms with Crippen molar-refractivity contribution in [2.75, 3.05) is 6.54 Å². The molecule has 1 fully saturated rings. The summed E-state index contributed by atoms with van der Waals surface area (Å²) >= 11 is 0. The fourth-order valence-corrected chi connectivity index (χ4v) is 3.34. The second-order valence-electron chi connectivity index (χ2n) is 6.40. The lowest BCUT2D eigenvalue weighted by Gasteiger charge is -2.35. The molecule has 0 heterocycles. The average Bonchev–Trinajstić information content (AvgIpc) is 2.32. The van der Waals surface area contributed by atoms with Crippen LogP contribution in [0.5, 0.6) is 0 Å². The number of nitrogens with one attached hydrogen (secondary N) is 1. The molecule has 0 aromatic heterocycles. The highest BCUT2D eigenvalue weighted by molar-refractivity contribution is 5.33. The van der Waals surface area contributed by atoms with Gasteiger partial charge in [0.25, 0.3) is 0 Å². The van der Waals surface area contributed by atoms with E-state index >= 15 is 0 Å². The summed E-state index contributed by atoms with van der Waals surface area (Å²) in [4.78, 5) is 0. The van der Waals surface area contributed by atoms with Gasteiger partial charge in [-0.05, 0) is 49.3 Å². The molecule has 2 rings (SSSR count). The molecule has 0 saturated heterocycles. The fourth-order valence-electron chi connectivity index (χ4n) is 3.34. The van der Waals surface area contributed by atoms with E-state index in [0.29, 0.717) is 12.5 Å². The van der Waals surface area contributed by atoms with Crippen molar-refractivity contribution in [3.05, 3.63) is 34.9 Å². The number of benzene rings is 1. The number of hydrogen-bond donors (Lipinski definition) is 2. The molecule has 1 aliphatic carbocycles. The van der Waals surface area contributed by atoms with Gasteiger partial charge in [0.2, 0.25) is 0 Å². The molecule has 2 unspecified atom stereocenters. The van der Waals surface area contributed by atoms with Crippen molar-refractivity contribution in [1.82, 2.24) is 5.32 Å². The summed E-state index contributed by atoms with van der Waals surface area (Å²) in [6, 6.07) is 6.41. The minimum atomic E-state index is -0.492. The zero-order valence-electron chi connectivity index (χ0n) is 12.5. The van der Waals surface area contributed by atoms with Gasteiger partial charge in [0.1, 0.15) is 0 Å². The molecule has 106 valence electrons. The third-order valence-corrected chi connectivity index (χ3v) is 4.47. The van der Waals surface area contributed by atoms with Gasteiger partial charge in [-0.15, -0.1) is 0 Å². The summed E-state index contributed by atoms with van der Waals surface area (Å²) in [6.45, 7) is 8.12. The highest BCUT2D eigenvalue weighted by Gasteiger charge is 2.31. The Morgan fingerprint density at radius 1 is 1.32 bits per heavy atom. The smallest absolute Gasteiger partial charge is 0.0774 e. The first-order valence-corrected chi connectivity index (χ1v) is 7.48. The lowest BCUT2D eigenvalue weighted by atomic mass is 9.79. The molecule has 1 aromatic rings. The Balaban J connectivity index is 1.89. The quantitative estimate of drug-likeness (QED) is 0.871. The van der Waals surface area contributed by atoms with Crippen LogP contribution in [0.1, 0.15) is 49.3 Å². The standard InChI is InChI=1S/C17H27NO/c1-13-6-5-9-17(19,10-13)12-18-11-16-14(2)7-4-8-15(16)3/h4,7-8,13,18-19H,5-6,9-12H2,1-3H3. The number of hydrogen-bond acceptors (Lipinski definition) is 2. The van der Waals surface area contributed by atoms with Crippen molar-refractivity contribution in [1.29, 1.82) is 0 Å². The Hall–Kier alpha value is -0.860. The second kappa shape index (κ2) is 6.06.